The van der Waals surface area contributed by atoms with Crippen LogP contribution in [0.2, 0.25) is 0 Å². The highest BCUT2D eigenvalue weighted by atomic mass is 16.7. The highest BCUT2D eigenvalue weighted by molar-refractivity contribution is 5.20. The average molecular weight is 639 g/mol. The molecule has 1 heterocycles. The molecular formula is C36H62O9. The third kappa shape index (κ3) is 5.48. The largest absolute Gasteiger partial charge is 0.394 e. The van der Waals surface area contributed by atoms with E-state index in [4.69, 9.17) is 9.47 Å². The van der Waals surface area contributed by atoms with Crippen LogP contribution >= 0.6 is 0 Å². The molecule has 0 radical (unpaired) electrons. The van der Waals surface area contributed by atoms with E-state index in [0.717, 1.165) is 44.1 Å². The normalized spacial score (nSPS) is 51.2. The van der Waals surface area contributed by atoms with Crippen molar-refractivity contribution in [1.29, 1.82) is 0 Å². The zero-order valence-corrected chi connectivity index (χ0v) is 28.7. The van der Waals surface area contributed by atoms with Crippen LogP contribution < -0.4 is 0 Å². The van der Waals surface area contributed by atoms with Gasteiger partial charge in [-0.2, -0.15) is 0 Å². The van der Waals surface area contributed by atoms with Gasteiger partial charge in [-0.1, -0.05) is 46.3 Å². The summed E-state index contributed by atoms with van der Waals surface area (Å²) in [6.45, 7) is 14.9. The minimum absolute atomic E-state index is 0.0237. The molecule has 9 heteroatoms. The highest BCUT2D eigenvalue weighted by Gasteiger charge is 2.71. The predicted molar refractivity (Wildman–Crippen MR) is 170 cm³/mol. The van der Waals surface area contributed by atoms with Gasteiger partial charge in [0.05, 0.1) is 31.0 Å². The number of hydrogen-bond donors (Lipinski definition) is 7. The Bertz CT molecular complexity index is 1090. The van der Waals surface area contributed by atoms with Gasteiger partial charge in [0.2, 0.25) is 0 Å². The summed E-state index contributed by atoms with van der Waals surface area (Å²) in [6, 6.07) is 0. The van der Waals surface area contributed by atoms with Crippen LogP contribution in [-0.4, -0.2) is 97.5 Å². The summed E-state index contributed by atoms with van der Waals surface area (Å²) in [7, 11) is 0. The first-order valence-corrected chi connectivity index (χ1v) is 17.5. The monoisotopic (exact) mass is 638 g/mol. The standard InChI is InChI=1S/C36H62O9/c1-20(18-37)9-8-14-36(7,45-31-29(43)28(42)27(41)24(19-38)44-31)22-12-16-34(5)21(22)10-11-25-33(4)15-13-26(40)32(2,3)30(33)23(39)17-35(25,34)6/h9,21-31,37-43H,8,10-19H2,1-7H3/b20-9-/t21-,22+,23+,24-,25-,26+,27-,28+,29-,30-,31+,33-,34-,35-,36+/m1/s1. The maximum absolute atomic E-state index is 11.9. The fourth-order valence-electron chi connectivity index (χ4n) is 12.1. The van der Waals surface area contributed by atoms with E-state index >= 15 is 0 Å². The number of allylic oxidation sites excluding steroid dienone is 1. The minimum atomic E-state index is -1.51. The molecule has 1 aliphatic heterocycles. The van der Waals surface area contributed by atoms with Crippen molar-refractivity contribution in [3.63, 3.8) is 0 Å². The second-order valence-corrected chi connectivity index (χ2v) is 17.2. The van der Waals surface area contributed by atoms with Gasteiger partial charge in [0, 0.05) is 0 Å². The molecule has 0 spiro atoms. The van der Waals surface area contributed by atoms with Gasteiger partial charge in [0.1, 0.15) is 24.4 Å². The lowest BCUT2D eigenvalue weighted by molar-refractivity contribution is -0.334. The Morgan fingerprint density at radius 3 is 2.22 bits per heavy atom. The number of ether oxygens (including phenoxy) is 2. The third-order valence-corrected chi connectivity index (χ3v) is 14.7. The van der Waals surface area contributed by atoms with E-state index < -0.39 is 55.1 Å². The van der Waals surface area contributed by atoms with Crippen LogP contribution in [0, 0.1) is 45.3 Å². The van der Waals surface area contributed by atoms with Crippen molar-refractivity contribution in [3.05, 3.63) is 11.6 Å². The van der Waals surface area contributed by atoms with E-state index in [9.17, 15) is 35.7 Å². The van der Waals surface area contributed by atoms with Crippen LogP contribution in [0.4, 0.5) is 0 Å². The van der Waals surface area contributed by atoms with Crippen LogP contribution in [-0.2, 0) is 9.47 Å². The van der Waals surface area contributed by atoms with Gasteiger partial charge in [-0.15, -0.1) is 0 Å². The van der Waals surface area contributed by atoms with E-state index in [2.05, 4.69) is 41.5 Å². The molecule has 4 saturated carbocycles. The maximum atomic E-state index is 11.9. The molecule has 0 bridgehead atoms. The van der Waals surface area contributed by atoms with Crippen molar-refractivity contribution < 1.29 is 45.2 Å². The molecule has 4 aliphatic carbocycles. The first kappa shape index (κ1) is 35.7. The number of fused-ring (bicyclic) bond motifs is 5. The van der Waals surface area contributed by atoms with Crippen molar-refractivity contribution in [2.75, 3.05) is 13.2 Å². The van der Waals surface area contributed by atoms with Gasteiger partial charge in [0.25, 0.3) is 0 Å². The molecule has 5 fully saturated rings. The molecular weight excluding hydrogens is 576 g/mol. The lowest BCUT2D eigenvalue weighted by Gasteiger charge is -2.71. The topological polar surface area (TPSA) is 160 Å². The van der Waals surface area contributed by atoms with E-state index in [0.29, 0.717) is 25.2 Å². The Hall–Kier alpha value is -0.620. The van der Waals surface area contributed by atoms with Gasteiger partial charge in [0.15, 0.2) is 6.29 Å². The summed E-state index contributed by atoms with van der Waals surface area (Å²) < 4.78 is 12.6. The van der Waals surface area contributed by atoms with E-state index in [1.165, 1.54) is 0 Å². The Balaban J connectivity index is 1.47. The van der Waals surface area contributed by atoms with E-state index in [1.807, 2.05) is 13.0 Å². The van der Waals surface area contributed by atoms with Gasteiger partial charge < -0.3 is 45.2 Å². The molecule has 9 nitrogen and oxygen atoms in total. The lowest BCUT2D eigenvalue weighted by Crippen LogP contribution is -2.68. The predicted octanol–water partition coefficient (Wildman–Crippen LogP) is 3.30. The third-order valence-electron chi connectivity index (χ3n) is 14.7. The Kier molecular flexibility index (Phi) is 9.80. The Morgan fingerprint density at radius 2 is 1.58 bits per heavy atom. The average Bonchev–Trinajstić information content (AvgIpc) is 3.34. The molecule has 15 atom stereocenters. The summed E-state index contributed by atoms with van der Waals surface area (Å²) in [5.74, 6) is 0.831. The SMILES string of the molecule is C/C(=C/CC[C@](C)(O[C@@H]1O[C@H](CO)[C@@H](O)[C@H](O)[C@H]1O)[C@H]1CC[C@]2(C)[C@@H]1CC[C@@H]1[C@@]3(C)CC[C@H](O)C(C)(C)[C@H]3[C@@H](O)C[C@]12C)CO. The van der Waals surface area contributed by atoms with Gasteiger partial charge in [-0.05, 0) is 117 Å². The molecule has 7 N–H and O–H groups in total. The number of rotatable bonds is 8. The summed E-state index contributed by atoms with van der Waals surface area (Å²) in [4.78, 5) is 0. The fraction of sp³-hybridized carbons (Fsp3) is 0.944. The Labute approximate surface area is 270 Å². The van der Waals surface area contributed by atoms with Crippen LogP contribution in [0.1, 0.15) is 106 Å². The first-order chi connectivity index (χ1) is 20.9. The zero-order chi connectivity index (χ0) is 33.3. The maximum Gasteiger partial charge on any atom is 0.187 e. The van der Waals surface area contributed by atoms with Crippen LogP contribution in [0.3, 0.4) is 0 Å². The van der Waals surface area contributed by atoms with E-state index in [1.54, 1.807) is 0 Å². The number of aliphatic hydroxyl groups excluding tert-OH is 7. The van der Waals surface area contributed by atoms with Crippen LogP contribution in [0.25, 0.3) is 0 Å². The molecule has 45 heavy (non-hydrogen) atoms. The molecule has 0 aromatic rings. The van der Waals surface area contributed by atoms with Crippen LogP contribution in [0.15, 0.2) is 11.6 Å². The second kappa shape index (κ2) is 12.4. The van der Waals surface area contributed by atoms with Crippen LogP contribution in [0.5, 0.6) is 0 Å². The molecule has 260 valence electrons. The summed E-state index contributed by atoms with van der Waals surface area (Å²) in [5.41, 5.74) is -0.542. The summed E-state index contributed by atoms with van der Waals surface area (Å²) in [6.07, 6.45) is 1.95. The van der Waals surface area contributed by atoms with E-state index in [-0.39, 0.29) is 46.0 Å². The zero-order valence-electron chi connectivity index (χ0n) is 28.7. The molecule has 1 saturated heterocycles. The first-order valence-electron chi connectivity index (χ1n) is 17.5. The molecule has 0 aromatic carbocycles. The second-order valence-electron chi connectivity index (χ2n) is 17.2. The van der Waals surface area contributed by atoms with Gasteiger partial charge >= 0.3 is 0 Å². The number of aliphatic hydroxyl groups is 7. The fourth-order valence-corrected chi connectivity index (χ4v) is 12.1. The Morgan fingerprint density at radius 1 is 0.889 bits per heavy atom. The lowest BCUT2D eigenvalue weighted by atomic mass is 9.35. The quantitative estimate of drug-likeness (QED) is 0.198. The van der Waals surface area contributed by atoms with Crippen molar-refractivity contribution in [3.8, 4) is 0 Å². The smallest absolute Gasteiger partial charge is 0.187 e. The minimum Gasteiger partial charge on any atom is -0.394 e. The van der Waals surface area contributed by atoms with Crippen molar-refractivity contribution in [2.24, 2.45) is 45.3 Å². The van der Waals surface area contributed by atoms with Crippen molar-refractivity contribution in [2.45, 2.75) is 155 Å². The molecule has 0 amide bonds. The molecule has 0 unspecified atom stereocenters. The molecule has 5 aliphatic rings. The van der Waals surface area contributed by atoms with Crippen molar-refractivity contribution >= 4 is 0 Å². The summed E-state index contributed by atoms with van der Waals surface area (Å²) in [5, 5.41) is 74.3. The van der Waals surface area contributed by atoms with Gasteiger partial charge in [-0.25, -0.2) is 0 Å². The molecule has 0 aromatic heterocycles. The molecule has 5 rings (SSSR count). The summed E-state index contributed by atoms with van der Waals surface area (Å²) >= 11 is 0. The highest BCUT2D eigenvalue weighted by Crippen LogP contribution is 2.76. The van der Waals surface area contributed by atoms with Gasteiger partial charge in [-0.3, -0.25) is 0 Å². The number of hydrogen-bond acceptors (Lipinski definition) is 9. The van der Waals surface area contributed by atoms with Crippen molar-refractivity contribution in [1.82, 2.24) is 0 Å².